The summed E-state index contributed by atoms with van der Waals surface area (Å²) in [6, 6.07) is 0. The molecule has 0 amide bonds. The topological polar surface area (TPSA) is 35.5 Å². The van der Waals surface area contributed by atoms with Crippen LogP contribution in [-0.4, -0.2) is 24.8 Å². The molecule has 2 aliphatic carbocycles. The van der Waals surface area contributed by atoms with Crippen LogP contribution in [0.2, 0.25) is 0 Å². The Morgan fingerprint density at radius 3 is 2.84 bits per heavy atom. The molecule has 6 atom stereocenters. The molecule has 2 fully saturated rings. The third-order valence-electron chi connectivity index (χ3n) is 6.06. The largest absolute Gasteiger partial charge is 0.356 e. The van der Waals surface area contributed by atoms with Crippen molar-refractivity contribution in [1.82, 2.24) is 0 Å². The van der Waals surface area contributed by atoms with Crippen molar-refractivity contribution in [1.29, 1.82) is 0 Å². The molecular formula is C16H24O3. The zero-order chi connectivity index (χ0) is 13.8. The molecule has 3 rings (SSSR count). The maximum absolute atomic E-state index is 12.5. The van der Waals surface area contributed by atoms with Gasteiger partial charge in [0, 0.05) is 30.8 Å². The van der Waals surface area contributed by atoms with Crippen LogP contribution in [0, 0.1) is 23.2 Å². The van der Waals surface area contributed by atoms with Gasteiger partial charge in [0.25, 0.3) is 0 Å². The van der Waals surface area contributed by atoms with E-state index in [0.29, 0.717) is 18.1 Å². The van der Waals surface area contributed by atoms with Crippen LogP contribution in [0.1, 0.15) is 40.0 Å². The van der Waals surface area contributed by atoms with Gasteiger partial charge >= 0.3 is 0 Å². The molecule has 0 N–H and O–H groups in total. The Hall–Kier alpha value is -0.670. The molecule has 3 nitrogen and oxygen atoms in total. The summed E-state index contributed by atoms with van der Waals surface area (Å²) in [4.78, 5) is 12.5. The molecule has 0 aromatic carbocycles. The molecule has 0 radical (unpaired) electrons. The second-order valence-corrected chi connectivity index (χ2v) is 6.74. The number of methoxy groups -OCH3 is 1. The SMILES string of the molecule is CO[C@@H]1O[C@@]23C=CC[C@H](C)[C@@]2(C)[C@@H](C(=O)CC3)[C@@H]1C. The summed E-state index contributed by atoms with van der Waals surface area (Å²) in [5.41, 5.74) is -0.401. The molecule has 3 aliphatic rings. The molecule has 1 saturated heterocycles. The summed E-state index contributed by atoms with van der Waals surface area (Å²) in [5, 5.41) is 0. The zero-order valence-corrected chi connectivity index (χ0v) is 12.3. The van der Waals surface area contributed by atoms with Crippen LogP contribution in [0.4, 0.5) is 0 Å². The number of carbonyl (C=O) groups excluding carboxylic acids is 1. The third-order valence-corrected chi connectivity index (χ3v) is 6.06. The Bertz CT molecular complexity index is 430. The molecular weight excluding hydrogens is 240 g/mol. The number of ketones is 1. The van der Waals surface area contributed by atoms with Crippen molar-refractivity contribution in [2.75, 3.05) is 7.11 Å². The Kier molecular flexibility index (Phi) is 2.92. The van der Waals surface area contributed by atoms with Crippen molar-refractivity contribution >= 4 is 5.78 Å². The van der Waals surface area contributed by atoms with Gasteiger partial charge in [-0.25, -0.2) is 0 Å². The fourth-order valence-electron chi connectivity index (χ4n) is 4.82. The highest BCUT2D eigenvalue weighted by atomic mass is 16.7. The van der Waals surface area contributed by atoms with Crippen molar-refractivity contribution in [3.05, 3.63) is 12.2 Å². The predicted molar refractivity (Wildman–Crippen MR) is 72.5 cm³/mol. The highest BCUT2D eigenvalue weighted by Gasteiger charge is 2.66. The number of hydrogen-bond donors (Lipinski definition) is 0. The molecule has 0 unspecified atom stereocenters. The Labute approximate surface area is 115 Å². The molecule has 1 saturated carbocycles. The maximum atomic E-state index is 12.5. The second-order valence-electron chi connectivity index (χ2n) is 6.74. The van der Waals surface area contributed by atoms with E-state index in [1.807, 2.05) is 0 Å². The lowest BCUT2D eigenvalue weighted by atomic mass is 9.47. The Morgan fingerprint density at radius 1 is 1.42 bits per heavy atom. The van der Waals surface area contributed by atoms with Gasteiger partial charge in [0.05, 0.1) is 5.60 Å². The zero-order valence-electron chi connectivity index (χ0n) is 12.3. The molecule has 19 heavy (non-hydrogen) atoms. The van der Waals surface area contributed by atoms with Crippen molar-refractivity contribution in [3.8, 4) is 0 Å². The van der Waals surface area contributed by atoms with Crippen LogP contribution >= 0.6 is 0 Å². The molecule has 0 aromatic rings. The maximum Gasteiger partial charge on any atom is 0.161 e. The van der Waals surface area contributed by atoms with E-state index in [2.05, 4.69) is 32.9 Å². The van der Waals surface area contributed by atoms with E-state index < -0.39 is 0 Å². The average Bonchev–Trinajstić information content (AvgIpc) is 2.37. The first-order valence-corrected chi connectivity index (χ1v) is 7.37. The summed E-state index contributed by atoms with van der Waals surface area (Å²) in [5.74, 6) is 1.05. The van der Waals surface area contributed by atoms with Crippen LogP contribution in [0.15, 0.2) is 12.2 Å². The van der Waals surface area contributed by atoms with Crippen LogP contribution < -0.4 is 0 Å². The summed E-state index contributed by atoms with van der Waals surface area (Å²) in [6.45, 7) is 6.61. The van der Waals surface area contributed by atoms with Gasteiger partial charge in [-0.15, -0.1) is 0 Å². The molecule has 1 aliphatic heterocycles. The standard InChI is InChI=1S/C16H24O3/c1-10-6-5-8-16-9-7-12(17)13(15(10,16)3)11(2)14(18-4)19-16/h5,8,10-11,13-14H,6-7,9H2,1-4H3/t10-,11-,13+,14+,15-,16+/m0/s1. The smallest absolute Gasteiger partial charge is 0.161 e. The minimum absolute atomic E-state index is 0.0555. The molecule has 2 bridgehead atoms. The molecule has 0 spiro atoms. The van der Waals surface area contributed by atoms with Crippen molar-refractivity contribution < 1.29 is 14.3 Å². The van der Waals surface area contributed by atoms with E-state index >= 15 is 0 Å². The molecule has 0 aromatic heterocycles. The lowest BCUT2D eigenvalue weighted by Crippen LogP contribution is -2.68. The van der Waals surface area contributed by atoms with Gasteiger partial charge in [0.15, 0.2) is 6.29 Å². The van der Waals surface area contributed by atoms with Gasteiger partial charge in [-0.05, 0) is 18.8 Å². The summed E-state index contributed by atoms with van der Waals surface area (Å²) in [7, 11) is 1.68. The van der Waals surface area contributed by atoms with E-state index in [-0.39, 0.29) is 29.1 Å². The number of Topliss-reactive ketones (excluding diaryl/α,β-unsaturated/α-hetero) is 1. The fraction of sp³-hybridized carbons (Fsp3) is 0.812. The normalized spacial score (nSPS) is 52.9. The number of allylic oxidation sites excluding steroid dienone is 1. The van der Waals surface area contributed by atoms with Gasteiger partial charge in [-0.2, -0.15) is 0 Å². The van der Waals surface area contributed by atoms with Crippen molar-refractivity contribution in [2.45, 2.75) is 51.9 Å². The van der Waals surface area contributed by atoms with Gasteiger partial charge in [0.1, 0.15) is 5.78 Å². The highest BCUT2D eigenvalue weighted by Crippen LogP contribution is 2.62. The van der Waals surface area contributed by atoms with Crippen molar-refractivity contribution in [2.24, 2.45) is 23.2 Å². The van der Waals surface area contributed by atoms with E-state index in [0.717, 1.165) is 12.8 Å². The van der Waals surface area contributed by atoms with Crippen LogP contribution in [-0.2, 0) is 14.3 Å². The van der Waals surface area contributed by atoms with Crippen LogP contribution in [0.3, 0.4) is 0 Å². The number of rotatable bonds is 1. The van der Waals surface area contributed by atoms with E-state index in [9.17, 15) is 4.79 Å². The fourth-order valence-corrected chi connectivity index (χ4v) is 4.82. The van der Waals surface area contributed by atoms with Gasteiger partial charge in [0.2, 0.25) is 0 Å². The van der Waals surface area contributed by atoms with Crippen molar-refractivity contribution in [3.63, 3.8) is 0 Å². The first-order valence-electron chi connectivity index (χ1n) is 7.37. The monoisotopic (exact) mass is 264 g/mol. The van der Waals surface area contributed by atoms with E-state index in [1.54, 1.807) is 7.11 Å². The minimum Gasteiger partial charge on any atom is -0.356 e. The first kappa shape index (κ1) is 13.3. The van der Waals surface area contributed by atoms with Crippen LogP contribution in [0.5, 0.6) is 0 Å². The summed E-state index contributed by atoms with van der Waals surface area (Å²) in [6.07, 6.45) is 6.64. The lowest BCUT2D eigenvalue weighted by Gasteiger charge is -2.64. The average molecular weight is 264 g/mol. The number of carbonyl (C=O) groups is 1. The van der Waals surface area contributed by atoms with Gasteiger partial charge < -0.3 is 9.47 Å². The third kappa shape index (κ3) is 1.49. The Balaban J connectivity index is 2.15. The highest BCUT2D eigenvalue weighted by molar-refractivity contribution is 5.84. The van der Waals surface area contributed by atoms with Gasteiger partial charge in [-0.1, -0.05) is 32.9 Å². The summed E-state index contributed by atoms with van der Waals surface area (Å²) >= 11 is 0. The minimum atomic E-state index is -0.309. The number of ether oxygens (including phenoxy) is 2. The summed E-state index contributed by atoms with van der Waals surface area (Å²) < 4.78 is 11.9. The quantitative estimate of drug-likeness (QED) is 0.683. The molecule has 106 valence electrons. The lowest BCUT2D eigenvalue weighted by molar-refractivity contribution is -0.313. The first-order chi connectivity index (χ1) is 8.96. The molecule has 1 heterocycles. The predicted octanol–water partition coefficient (Wildman–Crippen LogP) is 2.95. The second kappa shape index (κ2) is 4.16. The number of hydrogen-bond acceptors (Lipinski definition) is 3. The van der Waals surface area contributed by atoms with Crippen LogP contribution in [0.25, 0.3) is 0 Å². The Morgan fingerprint density at radius 2 is 2.16 bits per heavy atom. The molecule has 3 heteroatoms. The van der Waals surface area contributed by atoms with Gasteiger partial charge in [-0.3, -0.25) is 4.79 Å². The van der Waals surface area contributed by atoms with E-state index in [4.69, 9.17) is 9.47 Å². The van der Waals surface area contributed by atoms with E-state index in [1.165, 1.54) is 0 Å².